The second kappa shape index (κ2) is 6.26. The molecule has 0 spiro atoms. The topological polar surface area (TPSA) is 54.0 Å². The molecule has 0 bridgehead atoms. The third kappa shape index (κ3) is 3.61. The van der Waals surface area contributed by atoms with Gasteiger partial charge >= 0.3 is 0 Å². The van der Waals surface area contributed by atoms with Crippen LogP contribution in [0.25, 0.3) is 0 Å². The summed E-state index contributed by atoms with van der Waals surface area (Å²) in [5.41, 5.74) is 2.01. The van der Waals surface area contributed by atoms with Crippen LogP contribution in [0.15, 0.2) is 30.5 Å². The van der Waals surface area contributed by atoms with Crippen molar-refractivity contribution in [1.29, 1.82) is 0 Å². The van der Waals surface area contributed by atoms with Crippen molar-refractivity contribution < 1.29 is 4.79 Å². The first-order valence-electron chi connectivity index (χ1n) is 7.27. The number of rotatable bonds is 5. The fourth-order valence-corrected chi connectivity index (χ4v) is 2.95. The number of aromatic nitrogens is 1. The summed E-state index contributed by atoms with van der Waals surface area (Å²) in [4.78, 5) is 17.4. The number of nitrogens with one attached hydrogen (secondary N) is 2. The minimum Gasteiger partial charge on any atom is -0.357 e. The Morgan fingerprint density at radius 2 is 2.29 bits per heavy atom. The molecule has 4 nitrogen and oxygen atoms in total. The van der Waals surface area contributed by atoms with E-state index >= 15 is 0 Å². The lowest BCUT2D eigenvalue weighted by molar-refractivity contribution is -0.122. The van der Waals surface area contributed by atoms with E-state index in [9.17, 15) is 4.79 Å². The van der Waals surface area contributed by atoms with Gasteiger partial charge in [0.1, 0.15) is 0 Å². The third-order valence-electron chi connectivity index (χ3n) is 3.74. The van der Waals surface area contributed by atoms with Crippen molar-refractivity contribution in [2.45, 2.75) is 32.7 Å². The summed E-state index contributed by atoms with van der Waals surface area (Å²) < 4.78 is 0. The van der Waals surface area contributed by atoms with Gasteiger partial charge in [0.05, 0.1) is 0 Å². The summed E-state index contributed by atoms with van der Waals surface area (Å²) in [6.45, 7) is 2.75. The number of benzene rings is 1. The number of hydrogen-bond acceptors (Lipinski definition) is 4. The molecule has 1 aromatic heterocycles. The molecule has 1 aliphatic rings. The molecule has 5 heteroatoms. The van der Waals surface area contributed by atoms with E-state index < -0.39 is 0 Å². The van der Waals surface area contributed by atoms with Crippen LogP contribution in [0.3, 0.4) is 0 Å². The Labute approximate surface area is 128 Å². The van der Waals surface area contributed by atoms with Gasteiger partial charge in [-0.25, -0.2) is 4.98 Å². The zero-order valence-corrected chi connectivity index (χ0v) is 12.9. The van der Waals surface area contributed by atoms with Crippen molar-refractivity contribution in [3.63, 3.8) is 0 Å². The van der Waals surface area contributed by atoms with Crippen molar-refractivity contribution in [1.82, 2.24) is 4.98 Å². The van der Waals surface area contributed by atoms with Gasteiger partial charge in [0.25, 0.3) is 0 Å². The van der Waals surface area contributed by atoms with Crippen LogP contribution >= 0.6 is 11.3 Å². The van der Waals surface area contributed by atoms with Crippen LogP contribution in [0.1, 0.15) is 29.7 Å². The third-order valence-corrected chi connectivity index (χ3v) is 4.61. The highest BCUT2D eigenvalue weighted by Gasteiger charge is 2.25. The summed E-state index contributed by atoms with van der Waals surface area (Å²) >= 11 is 1.64. The minimum atomic E-state index is 0.155. The van der Waals surface area contributed by atoms with E-state index in [1.807, 2.05) is 37.4 Å². The second-order valence-electron chi connectivity index (χ2n) is 5.45. The Hall–Kier alpha value is -1.88. The highest BCUT2D eigenvalue weighted by atomic mass is 32.1. The summed E-state index contributed by atoms with van der Waals surface area (Å²) in [6.07, 6.45) is 5.09. The van der Waals surface area contributed by atoms with Crippen LogP contribution < -0.4 is 10.6 Å². The Kier molecular flexibility index (Phi) is 4.20. The first kappa shape index (κ1) is 14.1. The van der Waals surface area contributed by atoms with Gasteiger partial charge in [0, 0.05) is 29.2 Å². The fourth-order valence-electron chi connectivity index (χ4n) is 2.29. The van der Waals surface area contributed by atoms with Crippen LogP contribution in [-0.4, -0.2) is 10.9 Å². The molecule has 0 unspecified atom stereocenters. The summed E-state index contributed by atoms with van der Waals surface area (Å²) in [7, 11) is 0. The summed E-state index contributed by atoms with van der Waals surface area (Å²) in [5.74, 6) is 0.368. The molecular weight excluding hydrogens is 282 g/mol. The van der Waals surface area contributed by atoms with Gasteiger partial charge in [0.2, 0.25) is 5.91 Å². The molecular formula is C16H19N3OS. The Morgan fingerprint density at radius 1 is 1.43 bits per heavy atom. The molecule has 2 aromatic rings. The summed E-state index contributed by atoms with van der Waals surface area (Å²) in [6, 6.07) is 7.98. The van der Waals surface area contributed by atoms with Gasteiger partial charge in [0.15, 0.2) is 5.13 Å². The van der Waals surface area contributed by atoms with Crippen LogP contribution in [0.4, 0.5) is 10.8 Å². The van der Waals surface area contributed by atoms with Crippen LogP contribution in [0.2, 0.25) is 0 Å². The standard InChI is InChI=1S/C16H19N3OS/c1-11-9-17-16(21-11)18-10-12-4-2-7-14(8-12)19-15(20)13-5-3-6-13/h2,4,7-9,13H,3,5-6,10H2,1H3,(H,17,18)(H,19,20). The molecule has 0 aliphatic heterocycles. The Balaban J connectivity index is 1.58. The van der Waals surface area contributed by atoms with E-state index in [0.29, 0.717) is 6.54 Å². The summed E-state index contributed by atoms with van der Waals surface area (Å²) in [5, 5.41) is 7.24. The number of amides is 1. The maximum Gasteiger partial charge on any atom is 0.227 e. The van der Waals surface area contributed by atoms with Gasteiger partial charge in [-0.3, -0.25) is 4.79 Å². The van der Waals surface area contributed by atoms with Crippen molar-refractivity contribution in [2.75, 3.05) is 10.6 Å². The van der Waals surface area contributed by atoms with E-state index in [1.165, 1.54) is 11.3 Å². The van der Waals surface area contributed by atoms with Crippen LogP contribution in [-0.2, 0) is 11.3 Å². The average Bonchev–Trinajstić information content (AvgIpc) is 2.80. The molecule has 1 saturated carbocycles. The van der Waals surface area contributed by atoms with Crippen LogP contribution in [0, 0.1) is 12.8 Å². The molecule has 3 rings (SSSR count). The largest absolute Gasteiger partial charge is 0.357 e. The maximum absolute atomic E-state index is 12.0. The molecule has 110 valence electrons. The monoisotopic (exact) mass is 301 g/mol. The van der Waals surface area contributed by atoms with Gasteiger partial charge < -0.3 is 10.6 Å². The lowest BCUT2D eigenvalue weighted by Gasteiger charge is -2.24. The molecule has 0 atom stereocenters. The second-order valence-corrected chi connectivity index (χ2v) is 6.68. The highest BCUT2D eigenvalue weighted by Crippen LogP contribution is 2.27. The predicted molar refractivity (Wildman–Crippen MR) is 86.6 cm³/mol. The number of nitrogens with zero attached hydrogens (tertiary/aromatic N) is 1. The molecule has 0 saturated heterocycles. The number of carbonyl (C=O) groups is 1. The van der Waals surface area contributed by atoms with Crippen molar-refractivity contribution in [3.05, 3.63) is 40.9 Å². The first-order chi connectivity index (χ1) is 10.2. The van der Waals surface area contributed by atoms with E-state index in [4.69, 9.17) is 0 Å². The molecule has 0 radical (unpaired) electrons. The molecule has 1 aliphatic carbocycles. The SMILES string of the molecule is Cc1cnc(NCc2cccc(NC(=O)C3CCC3)c2)s1. The minimum absolute atomic E-state index is 0.155. The lowest BCUT2D eigenvalue weighted by atomic mass is 9.85. The number of aryl methyl sites for hydroxylation is 1. The van der Waals surface area contributed by atoms with E-state index in [0.717, 1.165) is 29.2 Å². The maximum atomic E-state index is 12.0. The molecule has 1 aromatic carbocycles. The quantitative estimate of drug-likeness (QED) is 0.883. The molecule has 1 amide bonds. The molecule has 1 fully saturated rings. The highest BCUT2D eigenvalue weighted by molar-refractivity contribution is 7.15. The number of carbonyl (C=O) groups excluding carboxylic acids is 1. The van der Waals surface area contributed by atoms with Crippen LogP contribution in [0.5, 0.6) is 0 Å². The van der Waals surface area contributed by atoms with Crippen molar-refractivity contribution in [3.8, 4) is 0 Å². The smallest absolute Gasteiger partial charge is 0.227 e. The van der Waals surface area contributed by atoms with E-state index in [-0.39, 0.29) is 11.8 Å². The Morgan fingerprint density at radius 3 is 2.95 bits per heavy atom. The normalized spacial score (nSPS) is 14.5. The predicted octanol–water partition coefficient (Wildman–Crippen LogP) is 3.80. The van der Waals surface area contributed by atoms with Gasteiger partial charge in [-0.1, -0.05) is 18.6 Å². The van der Waals surface area contributed by atoms with Gasteiger partial charge in [-0.15, -0.1) is 11.3 Å². The number of thiazole rings is 1. The molecule has 1 heterocycles. The molecule has 2 N–H and O–H groups in total. The average molecular weight is 301 g/mol. The number of hydrogen-bond donors (Lipinski definition) is 2. The zero-order valence-electron chi connectivity index (χ0n) is 12.1. The van der Waals surface area contributed by atoms with Gasteiger partial charge in [-0.2, -0.15) is 0 Å². The fraction of sp³-hybridized carbons (Fsp3) is 0.375. The van der Waals surface area contributed by atoms with Gasteiger partial charge in [-0.05, 0) is 37.5 Å². The first-order valence-corrected chi connectivity index (χ1v) is 8.08. The lowest BCUT2D eigenvalue weighted by Crippen LogP contribution is -2.28. The van der Waals surface area contributed by atoms with E-state index in [1.54, 1.807) is 11.3 Å². The Bertz CT molecular complexity index is 634. The molecule has 21 heavy (non-hydrogen) atoms. The number of anilines is 2. The van der Waals surface area contributed by atoms with Crippen molar-refractivity contribution in [2.24, 2.45) is 5.92 Å². The van der Waals surface area contributed by atoms with E-state index in [2.05, 4.69) is 15.6 Å². The zero-order chi connectivity index (χ0) is 14.7. The van der Waals surface area contributed by atoms with Crippen molar-refractivity contribution >= 4 is 28.1 Å².